The van der Waals surface area contributed by atoms with Gasteiger partial charge in [0.15, 0.2) is 10.6 Å². The van der Waals surface area contributed by atoms with Crippen molar-refractivity contribution >= 4 is 35.4 Å². The van der Waals surface area contributed by atoms with Crippen LogP contribution in [0.5, 0.6) is 0 Å². The number of hydrogen-bond donors (Lipinski definition) is 1. The lowest BCUT2D eigenvalue weighted by atomic mass is 10.2. The predicted molar refractivity (Wildman–Crippen MR) is 110 cm³/mol. The second-order valence-corrected chi connectivity index (χ2v) is 7.79. The summed E-state index contributed by atoms with van der Waals surface area (Å²) in [5, 5.41) is 8.99. The van der Waals surface area contributed by atoms with Gasteiger partial charge in [-0.25, -0.2) is 0 Å². The summed E-state index contributed by atoms with van der Waals surface area (Å²) in [4.78, 5) is 29.9. The predicted octanol–water partition coefficient (Wildman–Crippen LogP) is 2.65. The molecule has 1 aliphatic rings. The summed E-state index contributed by atoms with van der Waals surface area (Å²) < 4.78 is 2.15. The summed E-state index contributed by atoms with van der Waals surface area (Å²) in [6, 6.07) is 13.1. The van der Waals surface area contributed by atoms with E-state index in [1.807, 2.05) is 47.8 Å². The molecule has 1 saturated heterocycles. The van der Waals surface area contributed by atoms with Crippen molar-refractivity contribution in [2.45, 2.75) is 6.54 Å². The molecule has 1 fully saturated rings. The Labute approximate surface area is 171 Å². The van der Waals surface area contributed by atoms with E-state index in [2.05, 4.69) is 10.2 Å². The first-order valence-corrected chi connectivity index (χ1v) is 10.2. The van der Waals surface area contributed by atoms with E-state index in [0.29, 0.717) is 42.3 Å². The molecule has 2 aromatic heterocycles. The van der Waals surface area contributed by atoms with Gasteiger partial charge in [-0.15, -0.1) is 11.3 Å². The van der Waals surface area contributed by atoms with E-state index >= 15 is 0 Å². The molecule has 4 rings (SSSR count). The van der Waals surface area contributed by atoms with Crippen molar-refractivity contribution in [3.8, 4) is 10.7 Å². The SMILES string of the molecule is O=C(Cn1c(-c2cccs2)n[nH]c1=S)N1CCN(C(=O)c2ccccc2)CC1. The van der Waals surface area contributed by atoms with Gasteiger partial charge >= 0.3 is 0 Å². The Bertz CT molecular complexity index is 1020. The largest absolute Gasteiger partial charge is 0.338 e. The molecule has 3 aromatic rings. The number of benzene rings is 1. The molecule has 1 aromatic carbocycles. The van der Waals surface area contributed by atoms with E-state index in [9.17, 15) is 9.59 Å². The molecule has 2 amide bonds. The molecule has 0 radical (unpaired) electrons. The van der Waals surface area contributed by atoms with Crippen molar-refractivity contribution in [2.24, 2.45) is 0 Å². The van der Waals surface area contributed by atoms with Crippen LogP contribution in [0.25, 0.3) is 10.7 Å². The van der Waals surface area contributed by atoms with Crippen LogP contribution < -0.4 is 0 Å². The minimum Gasteiger partial charge on any atom is -0.338 e. The van der Waals surface area contributed by atoms with E-state index in [-0.39, 0.29) is 18.4 Å². The lowest BCUT2D eigenvalue weighted by Gasteiger charge is -2.35. The number of piperazine rings is 1. The van der Waals surface area contributed by atoms with Crippen molar-refractivity contribution in [3.05, 3.63) is 58.2 Å². The third kappa shape index (κ3) is 3.76. The monoisotopic (exact) mass is 413 g/mol. The Morgan fingerprint density at radius 2 is 1.75 bits per heavy atom. The smallest absolute Gasteiger partial charge is 0.253 e. The molecule has 3 heterocycles. The number of carbonyl (C=O) groups is 2. The molecule has 1 aliphatic heterocycles. The molecule has 9 heteroatoms. The molecule has 0 atom stereocenters. The summed E-state index contributed by atoms with van der Waals surface area (Å²) in [6.07, 6.45) is 0. The van der Waals surface area contributed by atoms with Crippen LogP contribution in [0.4, 0.5) is 0 Å². The second kappa shape index (κ2) is 8.07. The van der Waals surface area contributed by atoms with Crippen LogP contribution in [-0.4, -0.2) is 62.6 Å². The van der Waals surface area contributed by atoms with Gasteiger partial charge in [0.1, 0.15) is 6.54 Å². The molecule has 0 spiro atoms. The van der Waals surface area contributed by atoms with Gasteiger partial charge in [0.2, 0.25) is 5.91 Å². The Morgan fingerprint density at radius 3 is 2.43 bits per heavy atom. The van der Waals surface area contributed by atoms with Crippen LogP contribution in [0, 0.1) is 4.77 Å². The molecule has 0 aliphatic carbocycles. The van der Waals surface area contributed by atoms with Crippen molar-refractivity contribution in [2.75, 3.05) is 26.2 Å². The molecule has 144 valence electrons. The molecular formula is C19H19N5O2S2. The third-order valence-corrected chi connectivity index (χ3v) is 5.91. The highest BCUT2D eigenvalue weighted by molar-refractivity contribution is 7.71. The first kappa shape index (κ1) is 18.6. The Hall–Kier alpha value is -2.78. The Kier molecular flexibility index (Phi) is 5.36. The highest BCUT2D eigenvalue weighted by Crippen LogP contribution is 2.23. The van der Waals surface area contributed by atoms with Gasteiger partial charge in [-0.2, -0.15) is 5.10 Å². The average Bonchev–Trinajstić information content (AvgIpc) is 3.39. The van der Waals surface area contributed by atoms with E-state index in [1.54, 1.807) is 25.7 Å². The maximum Gasteiger partial charge on any atom is 0.253 e. The number of aromatic nitrogens is 3. The van der Waals surface area contributed by atoms with Gasteiger partial charge in [0, 0.05) is 31.7 Å². The zero-order chi connectivity index (χ0) is 19.5. The summed E-state index contributed by atoms with van der Waals surface area (Å²) in [5.74, 6) is 0.651. The molecular weight excluding hydrogens is 394 g/mol. The minimum atomic E-state index is -0.0258. The van der Waals surface area contributed by atoms with Crippen LogP contribution in [0.3, 0.4) is 0 Å². The fraction of sp³-hybridized carbons (Fsp3) is 0.263. The van der Waals surface area contributed by atoms with E-state index < -0.39 is 0 Å². The van der Waals surface area contributed by atoms with Gasteiger partial charge < -0.3 is 9.80 Å². The first-order valence-electron chi connectivity index (χ1n) is 8.94. The zero-order valence-electron chi connectivity index (χ0n) is 15.1. The number of thiophene rings is 1. The Balaban J connectivity index is 1.40. The van der Waals surface area contributed by atoms with Gasteiger partial charge in [0.25, 0.3) is 5.91 Å². The van der Waals surface area contributed by atoms with E-state index in [0.717, 1.165) is 4.88 Å². The van der Waals surface area contributed by atoms with Crippen LogP contribution >= 0.6 is 23.6 Å². The van der Waals surface area contributed by atoms with Crippen LogP contribution in [0.1, 0.15) is 10.4 Å². The first-order chi connectivity index (χ1) is 13.6. The quantitative estimate of drug-likeness (QED) is 0.668. The number of hydrogen-bond acceptors (Lipinski definition) is 5. The van der Waals surface area contributed by atoms with Gasteiger partial charge in [-0.3, -0.25) is 19.3 Å². The number of rotatable bonds is 4. The van der Waals surface area contributed by atoms with Gasteiger partial charge in [-0.05, 0) is 35.8 Å². The Morgan fingerprint density at radius 1 is 1.04 bits per heavy atom. The minimum absolute atomic E-state index is 0.00438. The molecule has 28 heavy (non-hydrogen) atoms. The normalized spacial score (nSPS) is 14.3. The van der Waals surface area contributed by atoms with Crippen LogP contribution in [-0.2, 0) is 11.3 Å². The summed E-state index contributed by atoms with van der Waals surface area (Å²) in [6.45, 7) is 2.20. The second-order valence-electron chi connectivity index (χ2n) is 6.45. The highest BCUT2D eigenvalue weighted by atomic mass is 32.1. The molecule has 1 N–H and O–H groups in total. The fourth-order valence-corrected chi connectivity index (χ4v) is 4.13. The number of H-pyrrole nitrogens is 1. The van der Waals surface area contributed by atoms with Gasteiger partial charge in [-0.1, -0.05) is 24.3 Å². The number of carbonyl (C=O) groups excluding carboxylic acids is 2. The lowest BCUT2D eigenvalue weighted by molar-refractivity contribution is -0.133. The molecule has 0 saturated carbocycles. The molecule has 0 bridgehead atoms. The van der Waals surface area contributed by atoms with Crippen molar-refractivity contribution in [1.29, 1.82) is 0 Å². The maximum atomic E-state index is 12.8. The number of amides is 2. The highest BCUT2D eigenvalue weighted by Gasteiger charge is 2.25. The third-order valence-electron chi connectivity index (χ3n) is 4.73. The average molecular weight is 414 g/mol. The lowest BCUT2D eigenvalue weighted by Crippen LogP contribution is -2.51. The van der Waals surface area contributed by atoms with Crippen LogP contribution in [0.2, 0.25) is 0 Å². The van der Waals surface area contributed by atoms with Crippen molar-refractivity contribution in [1.82, 2.24) is 24.6 Å². The van der Waals surface area contributed by atoms with Crippen LogP contribution in [0.15, 0.2) is 47.8 Å². The summed E-state index contributed by atoms with van der Waals surface area (Å²) >= 11 is 6.85. The number of nitrogens with zero attached hydrogens (tertiary/aromatic N) is 4. The molecule has 7 nitrogen and oxygen atoms in total. The van der Waals surface area contributed by atoms with E-state index in [1.165, 1.54) is 0 Å². The van der Waals surface area contributed by atoms with Gasteiger partial charge in [0.05, 0.1) is 4.88 Å². The number of aromatic amines is 1. The van der Waals surface area contributed by atoms with Crippen molar-refractivity contribution < 1.29 is 9.59 Å². The zero-order valence-corrected chi connectivity index (χ0v) is 16.7. The summed E-state index contributed by atoms with van der Waals surface area (Å²) in [5.41, 5.74) is 0.674. The topological polar surface area (TPSA) is 74.2 Å². The van der Waals surface area contributed by atoms with E-state index in [4.69, 9.17) is 12.2 Å². The van der Waals surface area contributed by atoms with Crippen molar-refractivity contribution in [3.63, 3.8) is 0 Å². The number of nitrogens with one attached hydrogen (secondary N) is 1. The maximum absolute atomic E-state index is 12.8. The molecule has 0 unspecified atom stereocenters. The fourth-order valence-electron chi connectivity index (χ4n) is 3.22. The summed E-state index contributed by atoms with van der Waals surface area (Å²) in [7, 11) is 0. The standard InChI is InChI=1S/C19H19N5O2S2/c25-16(13-24-17(20-21-19(24)27)15-7-4-12-28-15)22-8-10-23(11-9-22)18(26)14-5-2-1-3-6-14/h1-7,12H,8-11,13H2,(H,21,27).